The number of anilines is 1. The number of hydrogen-bond donors (Lipinski definition) is 2. The van der Waals surface area contributed by atoms with Crippen LogP contribution in [0.2, 0.25) is 5.02 Å². The van der Waals surface area contributed by atoms with Crippen LogP contribution in [0.3, 0.4) is 0 Å². The summed E-state index contributed by atoms with van der Waals surface area (Å²) in [6.07, 6.45) is 10.00. The molecule has 8 heteroatoms. The molecule has 0 bridgehead atoms. The molecule has 1 aromatic carbocycles. The predicted octanol–water partition coefficient (Wildman–Crippen LogP) is 6.28. The average Bonchev–Trinajstić information content (AvgIpc) is 3.42. The van der Waals surface area contributed by atoms with Gasteiger partial charge >= 0.3 is 0 Å². The normalized spacial score (nSPS) is 20.2. The Labute approximate surface area is 227 Å². The van der Waals surface area contributed by atoms with E-state index in [0.29, 0.717) is 33.8 Å². The number of rotatable bonds is 5. The number of aryl methyl sites for hydroxylation is 1. The average molecular weight is 529 g/mol. The van der Waals surface area contributed by atoms with Crippen LogP contribution < -0.4 is 16.6 Å². The van der Waals surface area contributed by atoms with E-state index in [1.165, 1.54) is 12.8 Å². The Kier molecular flexibility index (Phi) is 6.89. The summed E-state index contributed by atoms with van der Waals surface area (Å²) >= 11 is 6.82. The van der Waals surface area contributed by atoms with Gasteiger partial charge in [0.1, 0.15) is 5.65 Å². The van der Waals surface area contributed by atoms with Crippen LogP contribution in [-0.2, 0) is 0 Å². The van der Waals surface area contributed by atoms with E-state index in [4.69, 9.17) is 22.3 Å². The van der Waals surface area contributed by atoms with Crippen LogP contribution in [0.5, 0.6) is 0 Å². The van der Waals surface area contributed by atoms with Gasteiger partial charge in [-0.25, -0.2) is 4.98 Å². The monoisotopic (exact) mass is 528 g/mol. The fourth-order valence-corrected chi connectivity index (χ4v) is 6.21. The second-order valence-electron chi connectivity index (χ2n) is 10.8. The van der Waals surface area contributed by atoms with Crippen molar-refractivity contribution in [3.63, 3.8) is 0 Å². The number of aromatic nitrogens is 4. The Balaban J connectivity index is 1.46. The number of hydrogen-bond acceptors (Lipinski definition) is 6. The molecular weight excluding hydrogens is 496 g/mol. The first-order chi connectivity index (χ1) is 18.5. The Morgan fingerprint density at radius 2 is 1.76 bits per heavy atom. The molecule has 0 saturated heterocycles. The molecule has 2 aliphatic rings. The van der Waals surface area contributed by atoms with Crippen LogP contribution in [-0.4, -0.2) is 31.6 Å². The van der Waals surface area contributed by atoms with E-state index in [1.807, 2.05) is 60.2 Å². The highest BCUT2D eigenvalue weighted by atomic mass is 35.5. The van der Waals surface area contributed by atoms with Crippen molar-refractivity contribution in [1.82, 2.24) is 19.5 Å². The summed E-state index contributed by atoms with van der Waals surface area (Å²) < 4.78 is 1.88. The van der Waals surface area contributed by atoms with Crippen LogP contribution in [0, 0.1) is 6.92 Å². The molecule has 2 fully saturated rings. The third kappa shape index (κ3) is 4.93. The molecule has 0 unspecified atom stereocenters. The second-order valence-corrected chi connectivity index (χ2v) is 11.2. The van der Waals surface area contributed by atoms with Crippen LogP contribution >= 0.6 is 11.6 Å². The third-order valence-corrected chi connectivity index (χ3v) is 8.32. The predicted molar refractivity (Wildman–Crippen MR) is 154 cm³/mol. The number of benzene rings is 1. The highest BCUT2D eigenvalue weighted by Gasteiger charge is 2.26. The molecule has 7 nitrogen and oxygen atoms in total. The Morgan fingerprint density at radius 1 is 0.974 bits per heavy atom. The van der Waals surface area contributed by atoms with Gasteiger partial charge < -0.3 is 11.1 Å². The SMILES string of the molecule is Cc1cccc(-c2ccc(-c3cc4cnc(NC5CCCC5)nc4n(C4CCC(N)CC4)c3=O)c(Cl)c2)n1. The molecule has 0 radical (unpaired) electrons. The minimum Gasteiger partial charge on any atom is -0.351 e. The van der Waals surface area contributed by atoms with Gasteiger partial charge in [-0.1, -0.05) is 42.6 Å². The molecule has 2 saturated carbocycles. The van der Waals surface area contributed by atoms with Gasteiger partial charge in [-0.3, -0.25) is 14.3 Å². The zero-order valence-electron chi connectivity index (χ0n) is 21.7. The zero-order chi connectivity index (χ0) is 26.2. The zero-order valence-corrected chi connectivity index (χ0v) is 22.4. The molecule has 3 N–H and O–H groups in total. The van der Waals surface area contributed by atoms with Gasteiger partial charge in [0.05, 0.1) is 5.69 Å². The van der Waals surface area contributed by atoms with Crippen molar-refractivity contribution in [2.45, 2.75) is 76.4 Å². The number of pyridine rings is 2. The summed E-state index contributed by atoms with van der Waals surface area (Å²) in [6.45, 7) is 1.96. The van der Waals surface area contributed by atoms with Gasteiger partial charge in [0.2, 0.25) is 5.95 Å². The first-order valence-corrected chi connectivity index (χ1v) is 14.0. The summed E-state index contributed by atoms with van der Waals surface area (Å²) in [7, 11) is 0. The van der Waals surface area contributed by atoms with E-state index in [-0.39, 0.29) is 17.6 Å². The van der Waals surface area contributed by atoms with Crippen LogP contribution in [0.15, 0.2) is 53.5 Å². The lowest BCUT2D eigenvalue weighted by molar-refractivity contribution is 0.323. The van der Waals surface area contributed by atoms with Gasteiger partial charge in [-0.2, -0.15) is 4.98 Å². The van der Waals surface area contributed by atoms with Gasteiger partial charge in [0.25, 0.3) is 5.56 Å². The number of nitrogens with one attached hydrogen (secondary N) is 1. The maximum atomic E-state index is 14.2. The van der Waals surface area contributed by atoms with Gasteiger partial charge in [0, 0.05) is 57.1 Å². The van der Waals surface area contributed by atoms with Crippen LogP contribution in [0.4, 0.5) is 5.95 Å². The summed E-state index contributed by atoms with van der Waals surface area (Å²) in [6, 6.07) is 14.2. The van der Waals surface area contributed by atoms with Gasteiger partial charge in [0.15, 0.2) is 0 Å². The smallest absolute Gasteiger partial charge is 0.260 e. The van der Waals surface area contributed by atoms with Crippen molar-refractivity contribution in [3.8, 4) is 22.4 Å². The maximum absolute atomic E-state index is 14.2. The summed E-state index contributed by atoms with van der Waals surface area (Å²) in [5.74, 6) is 0.589. The summed E-state index contributed by atoms with van der Waals surface area (Å²) in [5.41, 5.74) is 10.8. The summed E-state index contributed by atoms with van der Waals surface area (Å²) in [4.78, 5) is 28.3. The van der Waals surface area contributed by atoms with Gasteiger partial charge in [-0.15, -0.1) is 0 Å². The minimum atomic E-state index is -0.0770. The molecule has 196 valence electrons. The van der Waals surface area contributed by atoms with Crippen molar-refractivity contribution in [1.29, 1.82) is 0 Å². The molecule has 0 amide bonds. The highest BCUT2D eigenvalue weighted by molar-refractivity contribution is 6.33. The van der Waals surface area contributed by atoms with E-state index in [1.54, 1.807) is 0 Å². The summed E-state index contributed by atoms with van der Waals surface area (Å²) in [5, 5.41) is 4.83. The topological polar surface area (TPSA) is 98.7 Å². The van der Waals surface area contributed by atoms with E-state index >= 15 is 0 Å². The first-order valence-electron chi connectivity index (χ1n) is 13.6. The van der Waals surface area contributed by atoms with E-state index in [9.17, 15) is 4.79 Å². The molecule has 3 heterocycles. The highest BCUT2D eigenvalue weighted by Crippen LogP contribution is 2.34. The molecule has 38 heavy (non-hydrogen) atoms. The molecule has 3 aromatic heterocycles. The number of nitrogens with two attached hydrogens (primary N) is 1. The molecule has 0 spiro atoms. The number of halogens is 1. The number of fused-ring (bicyclic) bond motifs is 1. The third-order valence-electron chi connectivity index (χ3n) is 8.01. The molecular formula is C30H33ClN6O. The number of nitrogens with zero attached hydrogens (tertiary/aromatic N) is 4. The molecule has 2 aliphatic carbocycles. The van der Waals surface area contributed by atoms with Crippen molar-refractivity contribution >= 4 is 28.6 Å². The Bertz CT molecular complexity index is 1540. The first kappa shape index (κ1) is 25.0. The quantitative estimate of drug-likeness (QED) is 0.316. The standard InChI is InChI=1S/C30H33ClN6O/c1-18-5-4-8-27(34-18)19-9-14-24(26(31)16-19)25-15-20-17-33-30(35-22-6-2-3-7-22)36-28(20)37(29(25)38)23-12-10-21(32)11-13-23/h4-5,8-9,14-17,21-23H,2-3,6-7,10-13,32H2,1H3,(H,33,35,36). The fraction of sp³-hybridized carbons (Fsp3) is 0.400. The van der Waals surface area contributed by atoms with E-state index in [2.05, 4.69) is 15.3 Å². The van der Waals surface area contributed by atoms with Gasteiger partial charge in [-0.05, 0) is 69.7 Å². The second kappa shape index (κ2) is 10.5. The molecule has 0 atom stereocenters. The Hall–Kier alpha value is -3.29. The minimum absolute atomic E-state index is 0.0357. The molecule has 6 rings (SSSR count). The van der Waals surface area contributed by atoms with Crippen LogP contribution in [0.1, 0.15) is 63.1 Å². The lowest BCUT2D eigenvalue weighted by atomic mass is 9.91. The lowest BCUT2D eigenvalue weighted by Crippen LogP contribution is -2.33. The van der Waals surface area contributed by atoms with E-state index in [0.717, 1.165) is 60.9 Å². The maximum Gasteiger partial charge on any atom is 0.260 e. The van der Waals surface area contributed by atoms with Crippen molar-refractivity contribution < 1.29 is 0 Å². The van der Waals surface area contributed by atoms with Crippen molar-refractivity contribution in [2.75, 3.05) is 5.32 Å². The lowest BCUT2D eigenvalue weighted by Gasteiger charge is -2.29. The van der Waals surface area contributed by atoms with Crippen molar-refractivity contribution in [2.24, 2.45) is 5.73 Å². The molecule has 0 aliphatic heterocycles. The van der Waals surface area contributed by atoms with Crippen LogP contribution in [0.25, 0.3) is 33.4 Å². The van der Waals surface area contributed by atoms with E-state index < -0.39 is 0 Å². The fourth-order valence-electron chi connectivity index (χ4n) is 5.93. The molecule has 4 aromatic rings. The van der Waals surface area contributed by atoms with Crippen molar-refractivity contribution in [3.05, 3.63) is 69.7 Å². The largest absolute Gasteiger partial charge is 0.351 e. The Morgan fingerprint density at radius 3 is 2.50 bits per heavy atom.